The summed E-state index contributed by atoms with van der Waals surface area (Å²) in [7, 11) is -3.59. The van der Waals surface area contributed by atoms with E-state index in [0.717, 1.165) is 27.6 Å². The van der Waals surface area contributed by atoms with Crippen LogP contribution in [0.5, 0.6) is 0 Å². The van der Waals surface area contributed by atoms with E-state index in [1.54, 1.807) is 25.4 Å². The van der Waals surface area contributed by atoms with Crippen molar-refractivity contribution in [2.45, 2.75) is 18.7 Å². The minimum absolute atomic E-state index is 0.221. The highest BCUT2D eigenvalue weighted by Crippen LogP contribution is 2.24. The molecule has 0 aliphatic rings. The Balaban J connectivity index is 1.52. The van der Waals surface area contributed by atoms with Crippen LogP contribution in [0.1, 0.15) is 11.1 Å². The SMILES string of the molecule is Cc1ccc(C)c(S(=O)(=O)NCCNc2nc(-c3ccncc3)nc3ccccc23)c1. The number of para-hydroxylation sites is 1. The summed E-state index contributed by atoms with van der Waals surface area (Å²) >= 11 is 0. The van der Waals surface area contributed by atoms with E-state index in [9.17, 15) is 8.42 Å². The normalized spacial score (nSPS) is 11.5. The highest BCUT2D eigenvalue weighted by molar-refractivity contribution is 7.89. The zero-order chi connectivity index (χ0) is 21.8. The molecule has 158 valence electrons. The van der Waals surface area contributed by atoms with E-state index in [4.69, 9.17) is 0 Å². The first-order valence-electron chi connectivity index (χ1n) is 9.92. The van der Waals surface area contributed by atoms with Gasteiger partial charge in [0.1, 0.15) is 5.82 Å². The van der Waals surface area contributed by atoms with E-state index in [0.29, 0.717) is 23.1 Å². The molecule has 0 aliphatic heterocycles. The smallest absolute Gasteiger partial charge is 0.240 e. The van der Waals surface area contributed by atoms with Crippen LogP contribution in [0.25, 0.3) is 22.3 Å². The number of fused-ring (bicyclic) bond motifs is 1. The van der Waals surface area contributed by atoms with Gasteiger partial charge in [0.15, 0.2) is 5.82 Å². The van der Waals surface area contributed by atoms with E-state index in [2.05, 4.69) is 25.0 Å². The van der Waals surface area contributed by atoms with Gasteiger partial charge in [-0.2, -0.15) is 0 Å². The molecule has 2 heterocycles. The predicted molar refractivity (Wildman–Crippen MR) is 122 cm³/mol. The number of aromatic nitrogens is 3. The molecule has 0 saturated heterocycles. The van der Waals surface area contributed by atoms with Crippen LogP contribution in [0.4, 0.5) is 5.82 Å². The van der Waals surface area contributed by atoms with Crippen molar-refractivity contribution in [3.05, 3.63) is 78.1 Å². The van der Waals surface area contributed by atoms with Crippen LogP contribution in [0.3, 0.4) is 0 Å². The van der Waals surface area contributed by atoms with Crippen molar-refractivity contribution in [2.24, 2.45) is 0 Å². The van der Waals surface area contributed by atoms with Crippen LogP contribution in [0.15, 0.2) is 71.9 Å². The number of nitrogens with zero attached hydrogens (tertiary/aromatic N) is 3. The van der Waals surface area contributed by atoms with Crippen molar-refractivity contribution >= 4 is 26.7 Å². The summed E-state index contributed by atoms with van der Waals surface area (Å²) in [6.07, 6.45) is 3.39. The largest absolute Gasteiger partial charge is 0.368 e. The Kier molecular flexibility index (Phi) is 5.92. The number of pyridine rings is 1. The molecule has 7 nitrogen and oxygen atoms in total. The van der Waals surface area contributed by atoms with Gasteiger partial charge in [-0.05, 0) is 55.3 Å². The van der Waals surface area contributed by atoms with Gasteiger partial charge in [-0.15, -0.1) is 0 Å². The average molecular weight is 434 g/mol. The fourth-order valence-electron chi connectivity index (χ4n) is 3.28. The molecule has 0 fully saturated rings. The van der Waals surface area contributed by atoms with E-state index in [1.807, 2.05) is 55.5 Å². The molecule has 2 aromatic carbocycles. The lowest BCUT2D eigenvalue weighted by Gasteiger charge is -2.13. The third-order valence-corrected chi connectivity index (χ3v) is 6.49. The van der Waals surface area contributed by atoms with Crippen molar-refractivity contribution in [1.82, 2.24) is 19.7 Å². The van der Waals surface area contributed by atoms with Gasteiger partial charge in [0.05, 0.1) is 10.4 Å². The number of rotatable bonds is 7. The summed E-state index contributed by atoms with van der Waals surface area (Å²) in [6, 6.07) is 16.8. The molecule has 0 aliphatic carbocycles. The van der Waals surface area contributed by atoms with Crippen LogP contribution < -0.4 is 10.0 Å². The number of sulfonamides is 1. The Hall–Kier alpha value is -3.36. The fraction of sp³-hybridized carbons (Fsp3) is 0.174. The molecule has 2 aromatic heterocycles. The monoisotopic (exact) mass is 433 g/mol. The molecule has 0 bridgehead atoms. The summed E-state index contributed by atoms with van der Waals surface area (Å²) in [6.45, 7) is 4.26. The summed E-state index contributed by atoms with van der Waals surface area (Å²) in [5, 5.41) is 4.13. The zero-order valence-electron chi connectivity index (χ0n) is 17.3. The first-order chi connectivity index (χ1) is 14.9. The molecular weight excluding hydrogens is 410 g/mol. The molecule has 0 unspecified atom stereocenters. The maximum Gasteiger partial charge on any atom is 0.240 e. The first kappa shape index (κ1) is 20.9. The van der Waals surface area contributed by atoms with Crippen LogP contribution in [-0.2, 0) is 10.0 Å². The number of nitrogens with one attached hydrogen (secondary N) is 2. The molecule has 0 radical (unpaired) electrons. The van der Waals surface area contributed by atoms with Crippen molar-refractivity contribution in [3.63, 3.8) is 0 Å². The first-order valence-corrected chi connectivity index (χ1v) is 11.4. The minimum Gasteiger partial charge on any atom is -0.368 e. The maximum absolute atomic E-state index is 12.7. The topological polar surface area (TPSA) is 96.9 Å². The number of aryl methyl sites for hydroxylation is 2. The van der Waals surface area contributed by atoms with Crippen molar-refractivity contribution in [1.29, 1.82) is 0 Å². The highest BCUT2D eigenvalue weighted by atomic mass is 32.2. The summed E-state index contributed by atoms with van der Waals surface area (Å²) in [5.74, 6) is 1.24. The number of anilines is 1. The fourth-order valence-corrected chi connectivity index (χ4v) is 4.64. The Morgan fingerprint density at radius 1 is 0.903 bits per heavy atom. The quantitative estimate of drug-likeness (QED) is 0.432. The zero-order valence-corrected chi connectivity index (χ0v) is 18.1. The molecule has 31 heavy (non-hydrogen) atoms. The van der Waals surface area contributed by atoms with E-state index >= 15 is 0 Å². The van der Waals surface area contributed by atoms with Gasteiger partial charge in [-0.1, -0.05) is 24.3 Å². The number of hydrogen-bond acceptors (Lipinski definition) is 6. The molecule has 0 spiro atoms. The second-order valence-corrected chi connectivity index (χ2v) is 8.98. The number of hydrogen-bond donors (Lipinski definition) is 2. The van der Waals surface area contributed by atoms with Gasteiger partial charge in [-0.25, -0.2) is 23.1 Å². The second kappa shape index (κ2) is 8.79. The third kappa shape index (κ3) is 4.70. The van der Waals surface area contributed by atoms with Crippen molar-refractivity contribution in [3.8, 4) is 11.4 Å². The molecule has 4 aromatic rings. The molecule has 8 heteroatoms. The lowest BCUT2D eigenvalue weighted by Crippen LogP contribution is -2.29. The molecule has 0 saturated carbocycles. The van der Waals surface area contributed by atoms with Gasteiger partial charge in [0.2, 0.25) is 10.0 Å². The van der Waals surface area contributed by atoms with E-state index in [1.165, 1.54) is 0 Å². The number of benzene rings is 2. The Morgan fingerprint density at radius 3 is 2.48 bits per heavy atom. The lowest BCUT2D eigenvalue weighted by atomic mass is 10.2. The lowest BCUT2D eigenvalue weighted by molar-refractivity contribution is 0.582. The third-order valence-electron chi connectivity index (χ3n) is 4.88. The van der Waals surface area contributed by atoms with Crippen LogP contribution >= 0.6 is 0 Å². The molecular formula is C23H23N5O2S. The van der Waals surface area contributed by atoms with Gasteiger partial charge in [0.25, 0.3) is 0 Å². The van der Waals surface area contributed by atoms with Gasteiger partial charge >= 0.3 is 0 Å². The van der Waals surface area contributed by atoms with Gasteiger partial charge in [0, 0.05) is 36.4 Å². The van der Waals surface area contributed by atoms with Crippen LogP contribution in [0.2, 0.25) is 0 Å². The van der Waals surface area contributed by atoms with Gasteiger partial charge < -0.3 is 5.32 Å². The Labute approximate surface area is 181 Å². The molecule has 2 N–H and O–H groups in total. The summed E-state index contributed by atoms with van der Waals surface area (Å²) in [5.41, 5.74) is 3.29. The van der Waals surface area contributed by atoms with Crippen LogP contribution in [0, 0.1) is 13.8 Å². The average Bonchev–Trinajstić information content (AvgIpc) is 2.78. The minimum atomic E-state index is -3.59. The predicted octanol–water partition coefficient (Wildman–Crippen LogP) is 3.70. The van der Waals surface area contributed by atoms with E-state index in [-0.39, 0.29) is 6.54 Å². The maximum atomic E-state index is 12.7. The van der Waals surface area contributed by atoms with E-state index < -0.39 is 10.0 Å². The summed E-state index contributed by atoms with van der Waals surface area (Å²) < 4.78 is 28.1. The Morgan fingerprint density at radius 2 is 1.68 bits per heavy atom. The summed E-state index contributed by atoms with van der Waals surface area (Å²) in [4.78, 5) is 13.6. The standard InChI is InChI=1S/C23H23N5O2S/c1-16-7-8-17(2)21(15-16)31(29,30)26-14-13-25-23-19-5-3-4-6-20(19)27-22(28-23)18-9-11-24-12-10-18/h3-12,15,26H,13-14H2,1-2H3,(H,25,27,28). The van der Waals surface area contributed by atoms with Crippen LogP contribution in [-0.4, -0.2) is 36.5 Å². The second-order valence-electron chi connectivity index (χ2n) is 7.24. The molecule has 4 rings (SSSR count). The molecule has 0 atom stereocenters. The highest BCUT2D eigenvalue weighted by Gasteiger charge is 2.16. The molecule has 0 amide bonds. The van der Waals surface area contributed by atoms with Gasteiger partial charge in [-0.3, -0.25) is 4.98 Å². The van der Waals surface area contributed by atoms with Crippen molar-refractivity contribution in [2.75, 3.05) is 18.4 Å². The Bertz CT molecular complexity index is 1320. The van der Waals surface area contributed by atoms with Crippen molar-refractivity contribution < 1.29 is 8.42 Å².